The monoisotopic (exact) mass is 900 g/mol. The largest absolute Gasteiger partial charge is 1.00 e. The van der Waals surface area contributed by atoms with Gasteiger partial charge in [-0.1, -0.05) is 60.7 Å². The standard InChI is InChI=1S/C38H40N12O8S2.2Na/c1-23(33(51)45-27-9-5-3-6-10-27)43-35-39-21-41-37(49-35)47-29-17-15-25(31(19-29)59(53,54)55)13-14-26-16-18-30(20-32(26)60(56,57)58)48-38-42-22-40-36(50-38)44-24(2)34(52)46-28-11-7-4-8-12-28;;/h3-24,33-34,45-46,51-52H,1-2H3,(H,53,54,55)(H,56,57,58)(H2,39,41,43,47,49)(H2,40,42,44,48,50);;/q;2*+1/p-2. The molecule has 4 aromatic carbocycles. The summed E-state index contributed by atoms with van der Waals surface area (Å²) in [4.78, 5) is 23.3. The number of aliphatic hydroxyl groups is 2. The Morgan fingerprint density at radius 3 is 1.23 bits per heavy atom. The Hall–Kier alpha value is -4.82. The average molecular weight is 901 g/mol. The third kappa shape index (κ3) is 14.4. The van der Waals surface area contributed by atoms with E-state index in [1.807, 2.05) is 36.4 Å². The fourth-order valence-electron chi connectivity index (χ4n) is 5.45. The van der Waals surface area contributed by atoms with Gasteiger partial charge < -0.3 is 51.2 Å². The molecule has 0 fully saturated rings. The van der Waals surface area contributed by atoms with Gasteiger partial charge in [0.2, 0.25) is 23.8 Å². The second-order valence-corrected chi connectivity index (χ2v) is 15.7. The molecule has 312 valence electrons. The van der Waals surface area contributed by atoms with Gasteiger partial charge in [-0.2, -0.15) is 9.97 Å². The van der Waals surface area contributed by atoms with Crippen molar-refractivity contribution in [3.05, 3.63) is 121 Å². The minimum absolute atomic E-state index is 0. The number of para-hydroxylation sites is 2. The zero-order chi connectivity index (χ0) is 42.9. The van der Waals surface area contributed by atoms with Crippen LogP contribution in [0.4, 0.5) is 46.5 Å². The van der Waals surface area contributed by atoms with E-state index in [0.717, 1.165) is 12.1 Å². The Morgan fingerprint density at radius 2 is 0.871 bits per heavy atom. The van der Waals surface area contributed by atoms with Crippen LogP contribution in [0.5, 0.6) is 0 Å². The van der Waals surface area contributed by atoms with Crippen molar-refractivity contribution in [3.63, 3.8) is 0 Å². The van der Waals surface area contributed by atoms with Crippen molar-refractivity contribution in [1.29, 1.82) is 0 Å². The Labute approximate surface area is 401 Å². The molecule has 0 amide bonds. The number of nitrogens with one attached hydrogen (secondary N) is 6. The number of aromatic nitrogens is 6. The maximum Gasteiger partial charge on any atom is 1.00 e. The number of hydrogen-bond acceptors (Lipinski definition) is 20. The summed E-state index contributed by atoms with van der Waals surface area (Å²) in [6.07, 6.45) is 2.68. The maximum absolute atomic E-state index is 12.4. The maximum atomic E-state index is 12.4. The Balaban J connectivity index is 0.00000422. The van der Waals surface area contributed by atoms with Gasteiger partial charge in [0.1, 0.15) is 45.3 Å². The molecule has 0 spiro atoms. The summed E-state index contributed by atoms with van der Waals surface area (Å²) in [6, 6.07) is 24.5. The molecule has 0 aliphatic rings. The van der Waals surface area contributed by atoms with E-state index >= 15 is 0 Å². The van der Waals surface area contributed by atoms with Crippen LogP contribution in [0.2, 0.25) is 0 Å². The molecule has 2 aromatic heterocycles. The number of anilines is 8. The van der Waals surface area contributed by atoms with Crippen LogP contribution in [-0.2, 0) is 20.2 Å². The molecule has 2 heterocycles. The molecule has 0 bridgehead atoms. The van der Waals surface area contributed by atoms with E-state index in [0.29, 0.717) is 11.4 Å². The molecule has 0 saturated carbocycles. The zero-order valence-corrected chi connectivity index (χ0v) is 39.3. The molecule has 6 rings (SSSR count). The average Bonchev–Trinajstić information content (AvgIpc) is 3.21. The molecule has 62 heavy (non-hydrogen) atoms. The topological polar surface area (TPSA) is 304 Å². The van der Waals surface area contributed by atoms with Crippen LogP contribution in [0.1, 0.15) is 25.0 Å². The zero-order valence-electron chi connectivity index (χ0n) is 33.7. The van der Waals surface area contributed by atoms with E-state index in [-0.39, 0.29) is 105 Å². The van der Waals surface area contributed by atoms with Crippen LogP contribution in [0.25, 0.3) is 12.2 Å². The van der Waals surface area contributed by atoms with Crippen LogP contribution >= 0.6 is 0 Å². The van der Waals surface area contributed by atoms with Crippen LogP contribution in [0.15, 0.2) is 120 Å². The number of aliphatic hydroxyl groups excluding tert-OH is 2. The summed E-state index contributed by atoms with van der Waals surface area (Å²) in [6.45, 7) is 3.39. The molecule has 4 unspecified atom stereocenters. The molecular formula is C38H38N12Na2O8S2. The smallest absolute Gasteiger partial charge is 0.744 e. The third-order valence-corrected chi connectivity index (χ3v) is 10.3. The molecule has 8 N–H and O–H groups in total. The van der Waals surface area contributed by atoms with Crippen LogP contribution in [0.3, 0.4) is 0 Å². The van der Waals surface area contributed by atoms with Crippen molar-refractivity contribution in [2.24, 2.45) is 0 Å². The molecule has 0 radical (unpaired) electrons. The minimum atomic E-state index is -5.10. The van der Waals surface area contributed by atoms with Crippen molar-refractivity contribution in [1.82, 2.24) is 29.9 Å². The van der Waals surface area contributed by atoms with E-state index in [1.54, 1.807) is 38.1 Å². The summed E-state index contributed by atoms with van der Waals surface area (Å²) >= 11 is 0. The van der Waals surface area contributed by atoms with E-state index < -0.39 is 54.6 Å². The van der Waals surface area contributed by atoms with Gasteiger partial charge in [-0.15, -0.1) is 0 Å². The van der Waals surface area contributed by atoms with Crippen molar-refractivity contribution in [2.45, 2.75) is 48.2 Å². The van der Waals surface area contributed by atoms with Crippen molar-refractivity contribution >= 4 is 78.9 Å². The van der Waals surface area contributed by atoms with E-state index in [2.05, 4.69) is 61.8 Å². The first-order chi connectivity index (χ1) is 28.6. The first kappa shape index (κ1) is 49.8. The van der Waals surface area contributed by atoms with Crippen molar-refractivity contribution < 1.29 is 95.3 Å². The predicted molar refractivity (Wildman–Crippen MR) is 222 cm³/mol. The first-order valence-corrected chi connectivity index (χ1v) is 20.7. The molecule has 4 atom stereocenters. The van der Waals surface area contributed by atoms with Crippen LogP contribution in [-0.4, -0.2) is 90.6 Å². The summed E-state index contributed by atoms with van der Waals surface area (Å²) < 4.78 is 74.3. The summed E-state index contributed by atoms with van der Waals surface area (Å²) in [5.74, 6) is 0.138. The molecular weight excluding hydrogens is 863 g/mol. The quantitative estimate of drug-likeness (QED) is 0.0200. The Kier molecular flexibility index (Phi) is 18.1. The van der Waals surface area contributed by atoms with Gasteiger partial charge in [-0.25, -0.2) is 36.8 Å². The SMILES string of the molecule is CC(Nc1ncnc(Nc2ccc(C=Cc3ccc(Nc4ncnc(NC(C)C(O)Nc5ccccc5)n4)cc3S(=O)(=O)[O-])c(S(=O)(=O)[O-])c2)n1)C(O)Nc1ccccc1.[Na+].[Na+]. The fraction of sp³-hybridized carbons (Fsp3) is 0.158. The van der Waals surface area contributed by atoms with Crippen molar-refractivity contribution in [3.8, 4) is 0 Å². The van der Waals surface area contributed by atoms with Crippen LogP contribution in [0, 0.1) is 0 Å². The van der Waals surface area contributed by atoms with Gasteiger partial charge >= 0.3 is 59.1 Å². The minimum Gasteiger partial charge on any atom is -0.744 e. The third-order valence-electron chi connectivity index (χ3n) is 8.50. The summed E-state index contributed by atoms with van der Waals surface area (Å²) in [5.41, 5.74) is 1.40. The van der Waals surface area contributed by atoms with Gasteiger partial charge in [0, 0.05) is 22.7 Å². The number of hydrogen-bond donors (Lipinski definition) is 8. The molecule has 0 aliphatic heterocycles. The predicted octanol–water partition coefficient (Wildman–Crippen LogP) is -2.01. The first-order valence-electron chi connectivity index (χ1n) is 17.9. The second kappa shape index (κ2) is 22.5. The van der Waals surface area contributed by atoms with Gasteiger partial charge in [0.05, 0.1) is 21.9 Å². The van der Waals surface area contributed by atoms with Crippen molar-refractivity contribution in [2.75, 3.05) is 31.9 Å². The van der Waals surface area contributed by atoms with Crippen LogP contribution < -0.4 is 91.0 Å². The second-order valence-electron chi connectivity index (χ2n) is 13.0. The molecule has 24 heteroatoms. The van der Waals surface area contributed by atoms with Gasteiger partial charge in [-0.3, -0.25) is 0 Å². The van der Waals surface area contributed by atoms with E-state index in [1.165, 1.54) is 49.1 Å². The number of benzene rings is 4. The van der Waals surface area contributed by atoms with E-state index in [9.17, 15) is 36.2 Å². The molecule has 20 nitrogen and oxygen atoms in total. The van der Waals surface area contributed by atoms with Gasteiger partial charge in [0.25, 0.3) is 0 Å². The number of nitrogens with zero attached hydrogens (tertiary/aromatic N) is 6. The van der Waals surface area contributed by atoms with Gasteiger partial charge in [-0.05, 0) is 73.5 Å². The van der Waals surface area contributed by atoms with Gasteiger partial charge in [0.15, 0.2) is 0 Å². The summed E-state index contributed by atoms with van der Waals surface area (Å²) in [5, 5.41) is 38.6. The Bertz CT molecular complexity index is 2490. The molecule has 0 saturated heterocycles. The molecule has 0 aliphatic carbocycles. The summed E-state index contributed by atoms with van der Waals surface area (Å²) in [7, 11) is -10.2. The molecule has 6 aromatic rings. The fourth-order valence-corrected chi connectivity index (χ4v) is 6.84. The van der Waals surface area contributed by atoms with E-state index in [4.69, 9.17) is 0 Å². The Morgan fingerprint density at radius 1 is 0.516 bits per heavy atom. The normalized spacial score (nSPS) is 13.3. The number of rotatable bonds is 18.